The molecule has 0 spiro atoms. The molecule has 0 bridgehead atoms. The van der Waals surface area contributed by atoms with Crippen LogP contribution in [0.15, 0.2) is 42.5 Å². The van der Waals surface area contributed by atoms with E-state index in [-0.39, 0.29) is 5.75 Å². The maximum atomic E-state index is 10.9. The molecule has 0 saturated heterocycles. The zero-order valence-corrected chi connectivity index (χ0v) is 12.6. The van der Waals surface area contributed by atoms with Gasteiger partial charge in [-0.05, 0) is 36.1 Å². The first-order chi connectivity index (χ1) is 10.6. The Morgan fingerprint density at radius 1 is 1.09 bits per heavy atom. The molecule has 4 heteroatoms. The van der Waals surface area contributed by atoms with E-state index in [0.717, 1.165) is 36.0 Å². The molecule has 2 rings (SSSR count). The first-order valence-corrected chi connectivity index (χ1v) is 7.40. The minimum absolute atomic E-state index is 0.203. The van der Waals surface area contributed by atoms with Crippen molar-refractivity contribution in [2.75, 3.05) is 0 Å². The molecule has 2 aromatic carbocycles. The molecule has 0 aliphatic carbocycles. The summed E-state index contributed by atoms with van der Waals surface area (Å²) >= 11 is 0. The van der Waals surface area contributed by atoms with Gasteiger partial charge in [0.2, 0.25) is 0 Å². The second-order valence-corrected chi connectivity index (χ2v) is 5.17. The van der Waals surface area contributed by atoms with Gasteiger partial charge in [-0.2, -0.15) is 0 Å². The average Bonchev–Trinajstić information content (AvgIpc) is 2.49. The number of carbonyl (C=O) groups is 1. The number of aromatic hydroxyl groups is 1. The van der Waals surface area contributed by atoms with E-state index in [2.05, 4.69) is 6.92 Å². The van der Waals surface area contributed by atoms with E-state index in [1.54, 1.807) is 24.3 Å². The summed E-state index contributed by atoms with van der Waals surface area (Å²) in [6, 6.07) is 12.5. The summed E-state index contributed by atoms with van der Waals surface area (Å²) in [7, 11) is 0. The molecule has 116 valence electrons. The fourth-order valence-corrected chi connectivity index (χ4v) is 2.45. The molecule has 4 nitrogen and oxygen atoms in total. The van der Waals surface area contributed by atoms with Gasteiger partial charge < -0.3 is 14.9 Å². The second kappa shape index (κ2) is 7.50. The number of carboxylic acid groups (broad SMARTS) is 1. The number of phenols is 1. The summed E-state index contributed by atoms with van der Waals surface area (Å²) in [5, 5.41) is 18.9. The minimum atomic E-state index is -1.33. The van der Waals surface area contributed by atoms with Crippen LogP contribution in [-0.4, -0.2) is 16.4 Å². The van der Waals surface area contributed by atoms with Gasteiger partial charge in [0.25, 0.3) is 0 Å². The molecule has 0 saturated carbocycles. The Kier molecular flexibility index (Phi) is 5.42. The first kappa shape index (κ1) is 15.9. The standard InChI is InChI=1S/C18H20O4/c1-2-3-7-13-9-6-11-17(22-18(20)21)15(13)12-14-8-4-5-10-16(14)19/h4-6,8-11,19H,2-3,7,12H2,1H3,(H,20,21). The molecule has 2 aromatic rings. The van der Waals surface area contributed by atoms with Gasteiger partial charge >= 0.3 is 6.16 Å². The number of phenolic OH excluding ortho intramolecular Hbond substituents is 1. The number of para-hydroxylation sites is 1. The zero-order valence-electron chi connectivity index (χ0n) is 12.6. The van der Waals surface area contributed by atoms with Gasteiger partial charge in [0, 0.05) is 12.0 Å². The van der Waals surface area contributed by atoms with Gasteiger partial charge in [-0.1, -0.05) is 43.7 Å². The minimum Gasteiger partial charge on any atom is -0.508 e. The second-order valence-electron chi connectivity index (χ2n) is 5.17. The van der Waals surface area contributed by atoms with E-state index in [0.29, 0.717) is 12.2 Å². The van der Waals surface area contributed by atoms with Crippen LogP contribution in [0.5, 0.6) is 11.5 Å². The van der Waals surface area contributed by atoms with Crippen LogP contribution >= 0.6 is 0 Å². The molecule has 0 heterocycles. The van der Waals surface area contributed by atoms with Crippen molar-refractivity contribution in [2.24, 2.45) is 0 Å². The molecule has 0 aliphatic heterocycles. The largest absolute Gasteiger partial charge is 0.511 e. The van der Waals surface area contributed by atoms with E-state index in [4.69, 9.17) is 9.84 Å². The number of ether oxygens (including phenoxy) is 1. The van der Waals surface area contributed by atoms with E-state index in [9.17, 15) is 9.90 Å². The summed E-state index contributed by atoms with van der Waals surface area (Å²) in [5.41, 5.74) is 2.63. The third-order valence-corrected chi connectivity index (χ3v) is 3.59. The van der Waals surface area contributed by atoms with E-state index in [1.807, 2.05) is 18.2 Å². The van der Waals surface area contributed by atoms with Crippen molar-refractivity contribution < 1.29 is 19.7 Å². The normalized spacial score (nSPS) is 10.4. The van der Waals surface area contributed by atoms with Crippen molar-refractivity contribution in [3.8, 4) is 11.5 Å². The third kappa shape index (κ3) is 4.01. The maximum Gasteiger partial charge on any atom is 0.511 e. The quantitative estimate of drug-likeness (QED) is 0.613. The predicted octanol–water partition coefficient (Wildman–Crippen LogP) is 4.38. The maximum absolute atomic E-state index is 10.9. The van der Waals surface area contributed by atoms with Crippen LogP contribution in [-0.2, 0) is 12.8 Å². The van der Waals surface area contributed by atoms with E-state index in [1.165, 1.54) is 0 Å². The van der Waals surface area contributed by atoms with Crippen LogP contribution in [0, 0.1) is 0 Å². The summed E-state index contributed by atoms with van der Waals surface area (Å²) in [6.45, 7) is 2.11. The van der Waals surface area contributed by atoms with Crippen molar-refractivity contribution in [3.05, 3.63) is 59.2 Å². The van der Waals surface area contributed by atoms with Crippen LogP contribution in [0.4, 0.5) is 4.79 Å². The van der Waals surface area contributed by atoms with Crippen LogP contribution < -0.4 is 4.74 Å². The Bertz CT molecular complexity index is 649. The highest BCUT2D eigenvalue weighted by Crippen LogP contribution is 2.29. The molecular formula is C18H20O4. The highest BCUT2D eigenvalue weighted by atomic mass is 16.7. The topological polar surface area (TPSA) is 66.8 Å². The van der Waals surface area contributed by atoms with E-state index >= 15 is 0 Å². The smallest absolute Gasteiger partial charge is 0.508 e. The summed E-state index contributed by atoms with van der Waals surface area (Å²) in [5.74, 6) is 0.540. The Morgan fingerprint density at radius 3 is 2.50 bits per heavy atom. The lowest BCUT2D eigenvalue weighted by Gasteiger charge is -2.14. The molecule has 0 amide bonds. The molecular weight excluding hydrogens is 280 g/mol. The molecule has 0 unspecified atom stereocenters. The fourth-order valence-electron chi connectivity index (χ4n) is 2.45. The number of aryl methyl sites for hydroxylation is 1. The highest BCUT2D eigenvalue weighted by molar-refractivity contribution is 5.63. The number of hydrogen-bond donors (Lipinski definition) is 2. The molecule has 0 aromatic heterocycles. The summed E-state index contributed by atoms with van der Waals surface area (Å²) < 4.78 is 4.91. The van der Waals surface area contributed by atoms with Crippen LogP contribution in [0.3, 0.4) is 0 Å². The number of rotatable bonds is 6. The SMILES string of the molecule is CCCCc1cccc(OC(=O)O)c1Cc1ccccc1O. The Hall–Kier alpha value is -2.49. The fraction of sp³-hybridized carbons (Fsp3) is 0.278. The highest BCUT2D eigenvalue weighted by Gasteiger charge is 2.14. The van der Waals surface area contributed by atoms with Gasteiger partial charge in [-0.15, -0.1) is 0 Å². The van der Waals surface area contributed by atoms with E-state index < -0.39 is 6.16 Å². The third-order valence-electron chi connectivity index (χ3n) is 3.59. The average molecular weight is 300 g/mol. The van der Waals surface area contributed by atoms with Crippen LogP contribution in [0.25, 0.3) is 0 Å². The molecule has 0 aliphatic rings. The van der Waals surface area contributed by atoms with Gasteiger partial charge in [-0.3, -0.25) is 0 Å². The Morgan fingerprint density at radius 2 is 1.82 bits per heavy atom. The van der Waals surface area contributed by atoms with Crippen LogP contribution in [0.2, 0.25) is 0 Å². The molecule has 0 fully saturated rings. The lowest BCUT2D eigenvalue weighted by Crippen LogP contribution is -2.07. The van der Waals surface area contributed by atoms with Gasteiger partial charge in [0.1, 0.15) is 11.5 Å². The lowest BCUT2D eigenvalue weighted by molar-refractivity contribution is 0.144. The summed E-state index contributed by atoms with van der Waals surface area (Å²) in [4.78, 5) is 10.9. The Balaban J connectivity index is 2.40. The van der Waals surface area contributed by atoms with Crippen molar-refractivity contribution in [1.29, 1.82) is 0 Å². The molecule has 22 heavy (non-hydrogen) atoms. The van der Waals surface area contributed by atoms with Crippen molar-refractivity contribution in [2.45, 2.75) is 32.6 Å². The summed E-state index contributed by atoms with van der Waals surface area (Å²) in [6.07, 6.45) is 2.04. The van der Waals surface area contributed by atoms with Gasteiger partial charge in [-0.25, -0.2) is 4.79 Å². The lowest BCUT2D eigenvalue weighted by atomic mass is 9.95. The van der Waals surface area contributed by atoms with Gasteiger partial charge in [0.05, 0.1) is 0 Å². The van der Waals surface area contributed by atoms with Gasteiger partial charge in [0.15, 0.2) is 0 Å². The van der Waals surface area contributed by atoms with Crippen molar-refractivity contribution in [1.82, 2.24) is 0 Å². The number of unbranched alkanes of at least 4 members (excludes halogenated alkanes) is 1. The number of hydrogen-bond acceptors (Lipinski definition) is 3. The van der Waals surface area contributed by atoms with Crippen molar-refractivity contribution >= 4 is 6.16 Å². The van der Waals surface area contributed by atoms with Crippen LogP contribution in [0.1, 0.15) is 36.5 Å². The molecule has 0 atom stereocenters. The molecule has 2 N–H and O–H groups in total. The molecule has 0 radical (unpaired) electrons. The number of benzene rings is 2. The first-order valence-electron chi connectivity index (χ1n) is 7.40. The monoisotopic (exact) mass is 300 g/mol. The van der Waals surface area contributed by atoms with Crippen molar-refractivity contribution in [3.63, 3.8) is 0 Å². The Labute approximate surface area is 130 Å². The predicted molar refractivity (Wildman–Crippen MR) is 84.6 cm³/mol. The zero-order chi connectivity index (χ0) is 15.9.